The van der Waals surface area contributed by atoms with Crippen LogP contribution < -0.4 is 11.1 Å². The Bertz CT molecular complexity index is 517. The highest BCUT2D eigenvalue weighted by Crippen LogP contribution is 2.34. The number of hydrogen-bond donors (Lipinski definition) is 2. The zero-order valence-corrected chi connectivity index (χ0v) is 9.70. The molecule has 0 aliphatic carbocycles. The number of nitrogens with one attached hydrogen (secondary N) is 1. The van der Waals surface area contributed by atoms with Crippen molar-refractivity contribution in [2.75, 3.05) is 6.54 Å². The normalized spacial score (nSPS) is 13.9. The predicted molar refractivity (Wildman–Crippen MR) is 67.4 cm³/mol. The number of nitrogens with two attached hydrogens (primary N) is 1. The fraction of sp³-hybridized carbons (Fsp3) is 0.286. The van der Waals surface area contributed by atoms with Gasteiger partial charge in [0.15, 0.2) is 0 Å². The van der Waals surface area contributed by atoms with Crippen LogP contribution in [0.25, 0.3) is 11.3 Å². The molecular formula is C14H16N2O. The average molecular weight is 228 g/mol. The van der Waals surface area contributed by atoms with Crippen molar-refractivity contribution in [2.24, 2.45) is 5.73 Å². The first kappa shape index (κ1) is 10.6. The molecule has 3 heteroatoms. The first-order valence-electron chi connectivity index (χ1n) is 5.99. The van der Waals surface area contributed by atoms with Gasteiger partial charge in [0, 0.05) is 23.2 Å². The molecule has 3 N–H and O–H groups in total. The zero-order chi connectivity index (χ0) is 11.7. The third kappa shape index (κ3) is 1.77. The molecule has 0 saturated carbocycles. The Morgan fingerprint density at radius 3 is 2.76 bits per heavy atom. The highest BCUT2D eigenvalue weighted by molar-refractivity contribution is 5.64. The second kappa shape index (κ2) is 4.35. The number of furan rings is 1. The SMILES string of the molecule is NCCc1c(-c2ccccc2)oc2c1CNC2. The molecule has 1 aromatic heterocycles. The molecule has 0 fully saturated rings. The van der Waals surface area contributed by atoms with E-state index in [0.717, 1.165) is 36.6 Å². The van der Waals surface area contributed by atoms with Crippen LogP contribution in [0.1, 0.15) is 16.9 Å². The Morgan fingerprint density at radius 1 is 1.18 bits per heavy atom. The maximum Gasteiger partial charge on any atom is 0.137 e. The lowest BCUT2D eigenvalue weighted by atomic mass is 10.0. The highest BCUT2D eigenvalue weighted by Gasteiger charge is 2.23. The minimum Gasteiger partial charge on any atom is -0.459 e. The molecule has 2 heterocycles. The fourth-order valence-corrected chi connectivity index (χ4v) is 2.43. The van der Waals surface area contributed by atoms with E-state index in [1.54, 1.807) is 0 Å². The average Bonchev–Trinajstić information content (AvgIpc) is 2.93. The summed E-state index contributed by atoms with van der Waals surface area (Å²) in [6, 6.07) is 10.3. The molecule has 0 atom stereocenters. The van der Waals surface area contributed by atoms with Gasteiger partial charge in [-0.05, 0) is 13.0 Å². The minimum atomic E-state index is 0.659. The molecule has 0 amide bonds. The van der Waals surface area contributed by atoms with E-state index < -0.39 is 0 Å². The topological polar surface area (TPSA) is 51.2 Å². The molecule has 1 aliphatic heterocycles. The molecule has 1 aromatic carbocycles. The van der Waals surface area contributed by atoms with Gasteiger partial charge in [0.1, 0.15) is 11.5 Å². The largest absolute Gasteiger partial charge is 0.459 e. The van der Waals surface area contributed by atoms with Crippen molar-refractivity contribution in [2.45, 2.75) is 19.5 Å². The third-order valence-electron chi connectivity index (χ3n) is 3.22. The first-order chi connectivity index (χ1) is 8.40. The van der Waals surface area contributed by atoms with Crippen LogP contribution in [-0.4, -0.2) is 6.54 Å². The molecule has 0 saturated heterocycles. The summed E-state index contributed by atoms with van der Waals surface area (Å²) < 4.78 is 5.98. The molecule has 3 nitrogen and oxygen atoms in total. The van der Waals surface area contributed by atoms with Gasteiger partial charge in [-0.2, -0.15) is 0 Å². The van der Waals surface area contributed by atoms with Crippen LogP contribution in [0.3, 0.4) is 0 Å². The molecule has 1 aliphatic rings. The van der Waals surface area contributed by atoms with Gasteiger partial charge in [-0.3, -0.25) is 0 Å². The molecule has 3 rings (SSSR count). The van der Waals surface area contributed by atoms with Crippen LogP contribution in [0.4, 0.5) is 0 Å². The Balaban J connectivity index is 2.11. The Morgan fingerprint density at radius 2 is 2.00 bits per heavy atom. The van der Waals surface area contributed by atoms with Crippen molar-refractivity contribution in [1.29, 1.82) is 0 Å². The van der Waals surface area contributed by atoms with Crippen molar-refractivity contribution in [3.8, 4) is 11.3 Å². The lowest BCUT2D eigenvalue weighted by molar-refractivity contribution is 0.515. The van der Waals surface area contributed by atoms with Gasteiger partial charge in [0.2, 0.25) is 0 Å². The summed E-state index contributed by atoms with van der Waals surface area (Å²) in [4.78, 5) is 0. The van der Waals surface area contributed by atoms with E-state index in [1.165, 1.54) is 11.1 Å². The van der Waals surface area contributed by atoms with Gasteiger partial charge in [-0.25, -0.2) is 0 Å². The third-order valence-corrected chi connectivity index (χ3v) is 3.22. The van der Waals surface area contributed by atoms with E-state index >= 15 is 0 Å². The van der Waals surface area contributed by atoms with E-state index in [9.17, 15) is 0 Å². The Labute approximate surface area is 101 Å². The quantitative estimate of drug-likeness (QED) is 0.845. The first-order valence-corrected chi connectivity index (χ1v) is 5.99. The van der Waals surface area contributed by atoms with Crippen LogP contribution in [0.2, 0.25) is 0 Å². The van der Waals surface area contributed by atoms with Crippen molar-refractivity contribution in [1.82, 2.24) is 5.32 Å². The molecule has 0 bridgehead atoms. The minimum absolute atomic E-state index is 0.659. The standard InChI is InChI=1S/C14H16N2O/c15-7-6-11-12-8-16-9-13(12)17-14(11)10-4-2-1-3-5-10/h1-5,16H,6-9,15H2. The Hall–Kier alpha value is -1.58. The molecule has 2 aromatic rings. The highest BCUT2D eigenvalue weighted by atomic mass is 16.3. The van der Waals surface area contributed by atoms with E-state index in [-0.39, 0.29) is 0 Å². The maximum absolute atomic E-state index is 5.98. The predicted octanol–water partition coefficient (Wildman–Crippen LogP) is 2.05. The Kier molecular flexibility index (Phi) is 2.71. The van der Waals surface area contributed by atoms with Crippen LogP contribution in [0.15, 0.2) is 34.7 Å². The summed E-state index contributed by atoms with van der Waals surface area (Å²) in [6.07, 6.45) is 0.880. The number of fused-ring (bicyclic) bond motifs is 1. The molecule has 17 heavy (non-hydrogen) atoms. The summed E-state index contributed by atoms with van der Waals surface area (Å²) in [5.74, 6) is 2.08. The summed E-state index contributed by atoms with van der Waals surface area (Å²) in [5, 5.41) is 3.31. The van der Waals surface area contributed by atoms with E-state index in [2.05, 4.69) is 17.4 Å². The van der Waals surface area contributed by atoms with E-state index in [1.807, 2.05) is 18.2 Å². The van der Waals surface area contributed by atoms with Gasteiger partial charge < -0.3 is 15.5 Å². The van der Waals surface area contributed by atoms with Crippen molar-refractivity contribution in [3.63, 3.8) is 0 Å². The number of benzene rings is 1. The molecule has 0 radical (unpaired) electrons. The molecule has 88 valence electrons. The number of hydrogen-bond acceptors (Lipinski definition) is 3. The van der Waals surface area contributed by atoms with Crippen LogP contribution >= 0.6 is 0 Å². The van der Waals surface area contributed by atoms with Crippen LogP contribution in [-0.2, 0) is 19.5 Å². The fourth-order valence-electron chi connectivity index (χ4n) is 2.43. The molecule has 0 spiro atoms. The zero-order valence-electron chi connectivity index (χ0n) is 9.70. The van der Waals surface area contributed by atoms with Gasteiger partial charge in [0.05, 0.1) is 6.54 Å². The van der Waals surface area contributed by atoms with E-state index in [4.69, 9.17) is 10.2 Å². The van der Waals surface area contributed by atoms with Gasteiger partial charge >= 0.3 is 0 Å². The van der Waals surface area contributed by atoms with Crippen molar-refractivity contribution >= 4 is 0 Å². The molecule has 0 unspecified atom stereocenters. The number of rotatable bonds is 3. The van der Waals surface area contributed by atoms with Gasteiger partial charge in [0.25, 0.3) is 0 Å². The van der Waals surface area contributed by atoms with Gasteiger partial charge in [-0.15, -0.1) is 0 Å². The summed E-state index contributed by atoms with van der Waals surface area (Å²) >= 11 is 0. The van der Waals surface area contributed by atoms with Crippen LogP contribution in [0, 0.1) is 0 Å². The lowest BCUT2D eigenvalue weighted by Gasteiger charge is -2.04. The monoisotopic (exact) mass is 228 g/mol. The lowest BCUT2D eigenvalue weighted by Crippen LogP contribution is -2.07. The maximum atomic E-state index is 5.98. The molecular weight excluding hydrogens is 212 g/mol. The summed E-state index contributed by atoms with van der Waals surface area (Å²) in [6.45, 7) is 2.40. The van der Waals surface area contributed by atoms with Crippen molar-refractivity contribution < 1.29 is 4.42 Å². The van der Waals surface area contributed by atoms with E-state index in [0.29, 0.717) is 6.54 Å². The summed E-state index contributed by atoms with van der Waals surface area (Å²) in [7, 11) is 0. The second-order valence-electron chi connectivity index (χ2n) is 4.32. The smallest absolute Gasteiger partial charge is 0.137 e. The summed E-state index contributed by atoms with van der Waals surface area (Å²) in [5.41, 5.74) is 9.43. The second-order valence-corrected chi connectivity index (χ2v) is 4.32. The van der Waals surface area contributed by atoms with Gasteiger partial charge in [-0.1, -0.05) is 30.3 Å². The van der Waals surface area contributed by atoms with Crippen molar-refractivity contribution in [3.05, 3.63) is 47.2 Å². The van der Waals surface area contributed by atoms with Crippen LogP contribution in [0.5, 0.6) is 0 Å².